The molecule has 1 aliphatic rings. The zero-order valence-corrected chi connectivity index (χ0v) is 24.0. The van der Waals surface area contributed by atoms with Gasteiger partial charge in [0, 0.05) is 18.4 Å². The molecule has 2 rings (SSSR count). The molecule has 0 fully saturated rings. The molecular weight excluding hydrogens is 490 g/mol. The lowest BCUT2D eigenvalue weighted by molar-refractivity contribution is -0.156. The average Bonchev–Trinajstić information content (AvgIpc) is 3.27. The molecule has 7 nitrogen and oxygen atoms in total. The predicted molar refractivity (Wildman–Crippen MR) is 147 cm³/mol. The molecule has 0 aliphatic carbocycles. The number of thiazole rings is 1. The number of rotatable bonds is 4. The van der Waals surface area contributed by atoms with E-state index in [0.29, 0.717) is 0 Å². The van der Waals surface area contributed by atoms with Crippen LogP contribution in [-0.4, -0.2) is 58.5 Å². The number of esters is 1. The summed E-state index contributed by atoms with van der Waals surface area (Å²) < 4.78 is 11.7. The van der Waals surface area contributed by atoms with E-state index in [9.17, 15) is 19.8 Å². The SMILES string of the molecule is C=C[C@]1(C)C(=O)[C@H](C)[C@@H](O)[C@@H](C)CCC/C(C)=C\C(OC)[C@@H](/C(C)=C/c2csc(C)n2)OC(=O)C[C@@H]1O. The number of Topliss-reactive ketones (excluding diaryl/α,β-unsaturated/α-hetero) is 1. The summed E-state index contributed by atoms with van der Waals surface area (Å²) in [5.41, 5.74) is 1.16. The number of hydrogen-bond acceptors (Lipinski definition) is 8. The van der Waals surface area contributed by atoms with Crippen LogP contribution in [0.3, 0.4) is 0 Å². The van der Waals surface area contributed by atoms with Gasteiger partial charge in [0.2, 0.25) is 0 Å². The smallest absolute Gasteiger partial charge is 0.309 e. The summed E-state index contributed by atoms with van der Waals surface area (Å²) in [6.45, 7) is 14.7. The van der Waals surface area contributed by atoms with E-state index in [1.807, 2.05) is 45.2 Å². The van der Waals surface area contributed by atoms with E-state index in [0.717, 1.165) is 41.1 Å². The summed E-state index contributed by atoms with van der Waals surface area (Å²) in [6, 6.07) is 0. The molecule has 0 aromatic carbocycles. The van der Waals surface area contributed by atoms with Crippen LogP contribution >= 0.6 is 11.3 Å². The minimum absolute atomic E-state index is 0.117. The molecule has 2 heterocycles. The first-order chi connectivity index (χ1) is 17.3. The predicted octanol–water partition coefficient (Wildman–Crippen LogP) is 5.06. The van der Waals surface area contributed by atoms with E-state index < -0.39 is 48.1 Å². The van der Waals surface area contributed by atoms with Gasteiger partial charge < -0.3 is 19.7 Å². The molecule has 2 N–H and O–H groups in total. The summed E-state index contributed by atoms with van der Waals surface area (Å²) >= 11 is 1.53. The van der Waals surface area contributed by atoms with Gasteiger partial charge in [0.25, 0.3) is 0 Å². The Balaban J connectivity index is 2.49. The van der Waals surface area contributed by atoms with Crippen LogP contribution in [0.15, 0.2) is 35.3 Å². The monoisotopic (exact) mass is 533 g/mol. The Kier molecular flexibility index (Phi) is 11.4. The fraction of sp³-hybridized carbons (Fsp3) is 0.621. The highest BCUT2D eigenvalue weighted by molar-refractivity contribution is 7.09. The lowest BCUT2D eigenvalue weighted by atomic mass is 9.71. The first kappa shape index (κ1) is 31.1. The van der Waals surface area contributed by atoms with Crippen LogP contribution < -0.4 is 0 Å². The summed E-state index contributed by atoms with van der Waals surface area (Å²) in [4.78, 5) is 31.0. The topological polar surface area (TPSA) is 106 Å². The summed E-state index contributed by atoms with van der Waals surface area (Å²) in [5, 5.41) is 24.8. The van der Waals surface area contributed by atoms with Gasteiger partial charge in [0.15, 0.2) is 6.10 Å². The molecular formula is C29H43NO6S. The Morgan fingerprint density at radius 2 is 1.97 bits per heavy atom. The van der Waals surface area contributed by atoms with Gasteiger partial charge in [-0.05, 0) is 64.5 Å². The number of hydrogen-bond donors (Lipinski definition) is 2. The molecule has 206 valence electrons. The molecule has 0 saturated carbocycles. The molecule has 0 saturated heterocycles. The van der Waals surface area contributed by atoms with E-state index in [1.165, 1.54) is 17.4 Å². The van der Waals surface area contributed by atoms with Gasteiger partial charge in [-0.2, -0.15) is 0 Å². The third kappa shape index (κ3) is 7.93. The van der Waals surface area contributed by atoms with Crippen molar-refractivity contribution >= 4 is 29.2 Å². The van der Waals surface area contributed by atoms with Crippen molar-refractivity contribution < 1.29 is 29.3 Å². The van der Waals surface area contributed by atoms with Crippen LogP contribution in [0.1, 0.15) is 71.0 Å². The Hall–Kier alpha value is -2.13. The van der Waals surface area contributed by atoms with E-state index in [4.69, 9.17) is 9.47 Å². The van der Waals surface area contributed by atoms with Crippen molar-refractivity contribution in [2.24, 2.45) is 17.3 Å². The lowest BCUT2D eigenvalue weighted by Gasteiger charge is -2.35. The number of aromatic nitrogens is 1. The highest BCUT2D eigenvalue weighted by Crippen LogP contribution is 2.34. The number of aliphatic hydroxyl groups excluding tert-OH is 2. The third-order valence-corrected chi connectivity index (χ3v) is 8.28. The first-order valence-corrected chi connectivity index (χ1v) is 13.8. The van der Waals surface area contributed by atoms with Crippen LogP contribution in [0.5, 0.6) is 0 Å². The maximum absolute atomic E-state index is 13.4. The van der Waals surface area contributed by atoms with Crippen LogP contribution in [0.25, 0.3) is 6.08 Å². The van der Waals surface area contributed by atoms with Crippen LogP contribution in [0.4, 0.5) is 0 Å². The van der Waals surface area contributed by atoms with Gasteiger partial charge in [0.1, 0.15) is 11.9 Å². The van der Waals surface area contributed by atoms with Gasteiger partial charge in [-0.15, -0.1) is 17.9 Å². The quantitative estimate of drug-likeness (QED) is 0.412. The van der Waals surface area contributed by atoms with Crippen LogP contribution in [-0.2, 0) is 19.1 Å². The lowest BCUT2D eigenvalue weighted by Crippen LogP contribution is -2.46. The van der Waals surface area contributed by atoms with Crippen molar-refractivity contribution in [2.75, 3.05) is 7.11 Å². The molecule has 1 aliphatic heterocycles. The van der Waals surface area contributed by atoms with Gasteiger partial charge >= 0.3 is 5.97 Å². The number of aryl methyl sites for hydroxylation is 1. The van der Waals surface area contributed by atoms with Crippen molar-refractivity contribution in [1.82, 2.24) is 4.98 Å². The molecule has 7 atom stereocenters. The number of allylic oxidation sites excluding steroid dienone is 1. The Morgan fingerprint density at radius 3 is 2.54 bits per heavy atom. The highest BCUT2D eigenvalue weighted by atomic mass is 32.1. The van der Waals surface area contributed by atoms with E-state index in [2.05, 4.69) is 11.6 Å². The molecule has 0 spiro atoms. The van der Waals surface area contributed by atoms with Gasteiger partial charge in [-0.3, -0.25) is 9.59 Å². The van der Waals surface area contributed by atoms with E-state index >= 15 is 0 Å². The molecule has 0 bridgehead atoms. The van der Waals surface area contributed by atoms with Crippen LogP contribution in [0.2, 0.25) is 0 Å². The van der Waals surface area contributed by atoms with Gasteiger partial charge in [0.05, 0.1) is 34.7 Å². The molecule has 1 aromatic rings. The fourth-order valence-electron chi connectivity index (χ4n) is 4.80. The summed E-state index contributed by atoms with van der Waals surface area (Å²) in [7, 11) is 1.57. The molecule has 8 heteroatoms. The average molecular weight is 534 g/mol. The van der Waals surface area contributed by atoms with E-state index in [1.54, 1.807) is 21.0 Å². The number of aliphatic hydroxyl groups is 2. The minimum Gasteiger partial charge on any atom is -0.455 e. The number of methoxy groups -OCH3 is 1. The van der Waals surface area contributed by atoms with Crippen molar-refractivity contribution in [3.05, 3.63) is 46.0 Å². The maximum atomic E-state index is 13.4. The summed E-state index contributed by atoms with van der Waals surface area (Å²) in [5.74, 6) is -1.87. The Labute approximate surface area is 225 Å². The Morgan fingerprint density at radius 1 is 1.30 bits per heavy atom. The molecule has 37 heavy (non-hydrogen) atoms. The number of carbonyl (C=O) groups excluding carboxylic acids is 2. The normalized spacial score (nSPS) is 34.9. The second kappa shape index (κ2) is 13.6. The largest absolute Gasteiger partial charge is 0.455 e. The Bertz CT molecular complexity index is 1010. The molecule has 1 aromatic heterocycles. The maximum Gasteiger partial charge on any atom is 0.309 e. The first-order valence-electron chi connectivity index (χ1n) is 12.9. The molecule has 0 radical (unpaired) electrons. The number of carbonyl (C=O) groups is 2. The van der Waals surface area contributed by atoms with Gasteiger partial charge in [-0.25, -0.2) is 4.98 Å². The van der Waals surface area contributed by atoms with Crippen LogP contribution in [0, 0.1) is 24.2 Å². The highest BCUT2D eigenvalue weighted by Gasteiger charge is 2.44. The van der Waals surface area contributed by atoms with Crippen molar-refractivity contribution in [2.45, 2.75) is 91.6 Å². The van der Waals surface area contributed by atoms with Crippen molar-refractivity contribution in [3.8, 4) is 0 Å². The van der Waals surface area contributed by atoms with Crippen molar-refractivity contribution in [3.63, 3.8) is 0 Å². The third-order valence-electron chi connectivity index (χ3n) is 7.49. The summed E-state index contributed by atoms with van der Waals surface area (Å²) in [6.07, 6.45) is 3.56. The second-order valence-corrected chi connectivity index (χ2v) is 11.6. The van der Waals surface area contributed by atoms with Gasteiger partial charge in [-0.1, -0.05) is 31.6 Å². The zero-order valence-electron chi connectivity index (χ0n) is 23.2. The number of ether oxygens (including phenoxy) is 2. The zero-order chi connectivity index (χ0) is 27.9. The number of nitrogens with zero attached hydrogens (tertiary/aromatic N) is 1. The molecule has 1 unspecified atom stereocenters. The second-order valence-electron chi connectivity index (χ2n) is 10.5. The van der Waals surface area contributed by atoms with Crippen molar-refractivity contribution in [1.29, 1.82) is 0 Å². The standard InChI is InChI=1S/C29H43NO6S/c1-9-29(7)24(31)15-25(32)36-27(19(4)14-22-16-37-21(6)30-22)23(35-8)13-17(2)11-10-12-18(3)26(33)20(5)28(29)34/h9,13-14,16,18,20,23-24,26-27,31,33H,1,10-12,15H2,2-8H3/b17-13-,19-14+/t18-,20+,23?,24-,26-,27+,29-/m0/s1. The fourth-order valence-corrected chi connectivity index (χ4v) is 5.37. The molecule has 0 amide bonds. The van der Waals surface area contributed by atoms with E-state index in [-0.39, 0.29) is 11.7 Å². The number of cyclic esters (lactones) is 1. The number of ketones is 1. The minimum atomic E-state index is -1.42.